The molecule has 4 N–H and O–H groups in total. The first-order valence-electron chi connectivity index (χ1n) is 7.58. The first-order valence-corrected chi connectivity index (χ1v) is 9.28. The zero-order valence-electron chi connectivity index (χ0n) is 14.8. The van der Waals surface area contributed by atoms with Gasteiger partial charge >= 0.3 is 18.3 Å². The van der Waals surface area contributed by atoms with Crippen molar-refractivity contribution in [2.24, 2.45) is 5.73 Å². The zero-order chi connectivity index (χ0) is 22.6. The SMILES string of the molecule is Cc1nc(C(C)N)sc1C(=O)NCc1csc(C(F)(F)F)c1.O=C(O)C(F)(F)F. The fourth-order valence-corrected chi connectivity index (χ4v) is 3.42. The average Bonchev–Trinajstić information content (AvgIpc) is 3.18. The number of alkyl halides is 6. The molecule has 0 aliphatic carbocycles. The van der Waals surface area contributed by atoms with Crippen LogP contribution in [0.15, 0.2) is 11.4 Å². The number of amides is 1. The van der Waals surface area contributed by atoms with Gasteiger partial charge in [0.05, 0.1) is 11.7 Å². The molecule has 1 atom stereocenters. The van der Waals surface area contributed by atoms with E-state index in [9.17, 15) is 31.1 Å². The topological polar surface area (TPSA) is 105 Å². The maximum Gasteiger partial charge on any atom is 0.490 e. The molecular formula is C15H15F6N3O3S2. The van der Waals surface area contributed by atoms with Crippen molar-refractivity contribution in [2.75, 3.05) is 0 Å². The van der Waals surface area contributed by atoms with Crippen LogP contribution in [-0.2, 0) is 17.5 Å². The molecule has 162 valence electrons. The highest BCUT2D eigenvalue weighted by molar-refractivity contribution is 7.13. The van der Waals surface area contributed by atoms with E-state index in [1.807, 2.05) is 0 Å². The molecule has 0 bridgehead atoms. The summed E-state index contributed by atoms with van der Waals surface area (Å²) >= 11 is 1.81. The number of nitrogens with one attached hydrogen (secondary N) is 1. The second-order valence-corrected chi connectivity index (χ2v) is 7.50. The van der Waals surface area contributed by atoms with E-state index < -0.39 is 23.2 Å². The van der Waals surface area contributed by atoms with E-state index in [0.29, 0.717) is 32.5 Å². The maximum absolute atomic E-state index is 12.5. The smallest absolute Gasteiger partial charge is 0.475 e. The second kappa shape index (κ2) is 9.54. The Balaban J connectivity index is 0.000000516. The highest BCUT2D eigenvalue weighted by Crippen LogP contribution is 2.34. The number of carboxylic acids is 1. The van der Waals surface area contributed by atoms with Crippen LogP contribution in [0.5, 0.6) is 0 Å². The van der Waals surface area contributed by atoms with Crippen LogP contribution in [0, 0.1) is 6.92 Å². The number of hydrogen-bond acceptors (Lipinski definition) is 6. The minimum absolute atomic E-state index is 0.0380. The number of carbonyl (C=O) groups excluding carboxylic acids is 1. The Morgan fingerprint density at radius 1 is 1.28 bits per heavy atom. The first-order chi connectivity index (χ1) is 13.1. The van der Waals surface area contributed by atoms with Gasteiger partial charge in [0.25, 0.3) is 5.91 Å². The Kier molecular flexibility index (Phi) is 8.17. The summed E-state index contributed by atoms with van der Waals surface area (Å²) in [7, 11) is 0. The lowest BCUT2D eigenvalue weighted by Crippen LogP contribution is -2.22. The van der Waals surface area contributed by atoms with Gasteiger partial charge in [-0.1, -0.05) is 0 Å². The van der Waals surface area contributed by atoms with Crippen molar-refractivity contribution in [3.05, 3.63) is 37.5 Å². The fourth-order valence-electron chi connectivity index (χ4n) is 1.70. The molecule has 0 aliphatic rings. The number of aliphatic carboxylic acids is 1. The van der Waals surface area contributed by atoms with Gasteiger partial charge in [-0.25, -0.2) is 9.78 Å². The molecule has 1 amide bonds. The van der Waals surface area contributed by atoms with E-state index in [2.05, 4.69) is 10.3 Å². The minimum Gasteiger partial charge on any atom is -0.475 e. The Morgan fingerprint density at radius 3 is 2.21 bits per heavy atom. The molecule has 29 heavy (non-hydrogen) atoms. The molecule has 0 spiro atoms. The van der Waals surface area contributed by atoms with Crippen LogP contribution in [0.2, 0.25) is 0 Å². The third-order valence-electron chi connectivity index (χ3n) is 3.04. The molecule has 0 fully saturated rings. The molecule has 2 aromatic heterocycles. The second-order valence-electron chi connectivity index (χ2n) is 5.56. The summed E-state index contributed by atoms with van der Waals surface area (Å²) in [5, 5.41) is 11.8. The minimum atomic E-state index is -5.08. The summed E-state index contributed by atoms with van der Waals surface area (Å²) in [6.07, 6.45) is -9.44. The van der Waals surface area contributed by atoms with Gasteiger partial charge in [0.1, 0.15) is 14.8 Å². The highest BCUT2D eigenvalue weighted by atomic mass is 32.1. The van der Waals surface area contributed by atoms with Gasteiger partial charge in [0, 0.05) is 6.54 Å². The van der Waals surface area contributed by atoms with Crippen LogP contribution in [0.25, 0.3) is 0 Å². The lowest BCUT2D eigenvalue weighted by molar-refractivity contribution is -0.192. The van der Waals surface area contributed by atoms with Gasteiger partial charge in [-0.3, -0.25) is 4.79 Å². The number of rotatable bonds is 4. The maximum atomic E-state index is 12.5. The van der Waals surface area contributed by atoms with Crippen molar-refractivity contribution < 1.29 is 41.0 Å². The number of carbonyl (C=O) groups is 2. The summed E-state index contributed by atoms with van der Waals surface area (Å²) in [5.74, 6) is -3.12. The highest BCUT2D eigenvalue weighted by Gasteiger charge is 2.38. The normalized spacial score (nSPS) is 12.7. The summed E-state index contributed by atoms with van der Waals surface area (Å²) in [5.41, 5.74) is 6.70. The molecule has 0 saturated heterocycles. The van der Waals surface area contributed by atoms with Crippen molar-refractivity contribution >= 4 is 34.6 Å². The Bertz CT molecular complexity index is 858. The summed E-state index contributed by atoms with van der Waals surface area (Å²) in [6.45, 7) is 3.50. The van der Waals surface area contributed by atoms with Gasteiger partial charge < -0.3 is 16.2 Å². The lowest BCUT2D eigenvalue weighted by atomic mass is 10.3. The average molecular weight is 463 g/mol. The molecule has 0 saturated carbocycles. The molecule has 2 rings (SSSR count). The number of nitrogens with two attached hydrogens (primary N) is 1. The Labute approximate surface area is 168 Å². The number of carboxylic acid groups (broad SMARTS) is 1. The van der Waals surface area contributed by atoms with E-state index in [-0.39, 0.29) is 18.5 Å². The van der Waals surface area contributed by atoms with Gasteiger partial charge in [-0.15, -0.1) is 22.7 Å². The zero-order valence-corrected chi connectivity index (χ0v) is 16.4. The fraction of sp³-hybridized carbons (Fsp3) is 0.400. The predicted octanol–water partition coefficient (Wildman–Crippen LogP) is 4.11. The number of thiazole rings is 1. The predicted molar refractivity (Wildman–Crippen MR) is 93.6 cm³/mol. The van der Waals surface area contributed by atoms with E-state index >= 15 is 0 Å². The Hall–Kier alpha value is -2.19. The van der Waals surface area contributed by atoms with Gasteiger partial charge in [-0.05, 0) is 30.9 Å². The Morgan fingerprint density at radius 2 is 1.83 bits per heavy atom. The molecule has 0 aromatic carbocycles. The van der Waals surface area contributed by atoms with Crippen LogP contribution in [0.4, 0.5) is 26.3 Å². The molecule has 2 aromatic rings. The van der Waals surface area contributed by atoms with Crippen LogP contribution in [0.3, 0.4) is 0 Å². The molecule has 14 heteroatoms. The van der Waals surface area contributed by atoms with Crippen molar-refractivity contribution in [1.82, 2.24) is 10.3 Å². The number of hydrogen-bond donors (Lipinski definition) is 3. The van der Waals surface area contributed by atoms with Crippen molar-refractivity contribution in [1.29, 1.82) is 0 Å². The van der Waals surface area contributed by atoms with Crippen LogP contribution in [0.1, 0.15) is 43.8 Å². The number of nitrogens with zero attached hydrogens (tertiary/aromatic N) is 1. The van der Waals surface area contributed by atoms with Gasteiger partial charge in [-0.2, -0.15) is 26.3 Å². The summed E-state index contributed by atoms with van der Waals surface area (Å²) < 4.78 is 69.2. The van der Waals surface area contributed by atoms with Crippen LogP contribution >= 0.6 is 22.7 Å². The van der Waals surface area contributed by atoms with Crippen LogP contribution in [-0.4, -0.2) is 28.1 Å². The van der Waals surface area contributed by atoms with Crippen molar-refractivity contribution in [2.45, 2.75) is 38.8 Å². The number of thiophene rings is 1. The number of aryl methyl sites for hydroxylation is 1. The quantitative estimate of drug-likeness (QED) is 0.592. The molecular weight excluding hydrogens is 448 g/mol. The lowest BCUT2D eigenvalue weighted by Gasteiger charge is -2.03. The number of aromatic nitrogens is 1. The van der Waals surface area contributed by atoms with Crippen molar-refractivity contribution in [3.8, 4) is 0 Å². The summed E-state index contributed by atoms with van der Waals surface area (Å²) in [4.78, 5) is 24.9. The molecule has 0 radical (unpaired) electrons. The van der Waals surface area contributed by atoms with E-state index in [1.165, 1.54) is 16.7 Å². The van der Waals surface area contributed by atoms with Crippen molar-refractivity contribution in [3.63, 3.8) is 0 Å². The van der Waals surface area contributed by atoms with Crippen LogP contribution < -0.4 is 11.1 Å². The van der Waals surface area contributed by atoms with E-state index in [0.717, 1.165) is 6.07 Å². The monoisotopic (exact) mass is 463 g/mol. The molecule has 2 heterocycles. The standard InChI is InChI=1S/C13H14F3N3OS2.C2HF3O2/c1-6(17)12-19-7(2)10(22-12)11(20)18-4-8-3-9(21-5-8)13(14,15)16;3-2(4,5)1(6)7/h3,5-6H,4,17H2,1-2H3,(H,18,20);(H,6,7). The summed E-state index contributed by atoms with van der Waals surface area (Å²) in [6, 6.07) is 0.772. The first kappa shape index (κ1) is 24.8. The molecule has 1 unspecified atom stereocenters. The van der Waals surface area contributed by atoms with E-state index in [4.69, 9.17) is 15.6 Å². The largest absolute Gasteiger partial charge is 0.490 e. The van der Waals surface area contributed by atoms with Gasteiger partial charge in [0.15, 0.2) is 0 Å². The number of halogens is 6. The molecule has 0 aliphatic heterocycles. The third-order valence-corrected chi connectivity index (χ3v) is 5.42. The molecule has 6 nitrogen and oxygen atoms in total. The third kappa shape index (κ3) is 7.62. The van der Waals surface area contributed by atoms with Gasteiger partial charge in [0.2, 0.25) is 0 Å². The van der Waals surface area contributed by atoms with E-state index in [1.54, 1.807) is 13.8 Å².